The van der Waals surface area contributed by atoms with Gasteiger partial charge in [0.25, 0.3) is 0 Å². The van der Waals surface area contributed by atoms with Gasteiger partial charge in [-0.25, -0.2) is 9.37 Å². The molecule has 2 heterocycles. The zero-order chi connectivity index (χ0) is 23.4. The first-order chi connectivity index (χ1) is 15.9. The van der Waals surface area contributed by atoms with Crippen LogP contribution < -0.4 is 15.4 Å². The topological polar surface area (TPSA) is 101 Å². The third-order valence-electron chi connectivity index (χ3n) is 6.64. The lowest BCUT2D eigenvalue weighted by molar-refractivity contribution is -0.138. The highest BCUT2D eigenvalue weighted by atomic mass is 19.1. The number of carbonyl (C=O) groups is 2. The van der Waals surface area contributed by atoms with Crippen LogP contribution in [-0.4, -0.2) is 35.6 Å². The van der Waals surface area contributed by atoms with Gasteiger partial charge in [0.1, 0.15) is 5.82 Å². The summed E-state index contributed by atoms with van der Waals surface area (Å²) in [5, 5.41) is 15.4. The Morgan fingerprint density at radius 1 is 1.30 bits per heavy atom. The van der Waals surface area contributed by atoms with Crippen molar-refractivity contribution in [2.45, 2.75) is 51.0 Å². The van der Waals surface area contributed by atoms with Crippen molar-refractivity contribution in [3.05, 3.63) is 53.0 Å². The highest BCUT2D eigenvalue weighted by Gasteiger charge is 2.35. The summed E-state index contributed by atoms with van der Waals surface area (Å²) in [6, 6.07) is 7.71. The predicted octanol–water partition coefficient (Wildman–Crippen LogP) is 3.88. The van der Waals surface area contributed by atoms with Gasteiger partial charge in [-0.3, -0.25) is 9.59 Å². The van der Waals surface area contributed by atoms with Gasteiger partial charge in [0, 0.05) is 18.2 Å². The third kappa shape index (κ3) is 5.61. The smallest absolute Gasteiger partial charge is 0.305 e. The number of carboxylic acids is 1. The number of rotatable bonds is 9. The van der Waals surface area contributed by atoms with Crippen molar-refractivity contribution in [1.82, 2.24) is 10.3 Å². The Kier molecular flexibility index (Phi) is 7.11. The van der Waals surface area contributed by atoms with Crippen molar-refractivity contribution in [2.75, 3.05) is 19.0 Å². The van der Waals surface area contributed by atoms with Gasteiger partial charge in [-0.15, -0.1) is 0 Å². The molecule has 1 aliphatic carbocycles. The molecular formula is C25H30FN3O4. The van der Waals surface area contributed by atoms with Crippen LogP contribution in [0, 0.1) is 17.7 Å². The fourth-order valence-corrected chi connectivity index (χ4v) is 4.66. The van der Waals surface area contributed by atoms with Gasteiger partial charge in [0.05, 0.1) is 19.6 Å². The molecule has 7 nitrogen and oxygen atoms in total. The van der Waals surface area contributed by atoms with Crippen LogP contribution in [0.1, 0.15) is 55.0 Å². The highest BCUT2D eigenvalue weighted by Crippen LogP contribution is 2.38. The summed E-state index contributed by atoms with van der Waals surface area (Å²) in [6.07, 6.45) is 5.28. The summed E-state index contributed by atoms with van der Waals surface area (Å²) < 4.78 is 19.0. The number of benzene rings is 1. The Morgan fingerprint density at radius 3 is 2.85 bits per heavy atom. The Morgan fingerprint density at radius 2 is 2.12 bits per heavy atom. The SMILES string of the molecule is COc1ccc([C@H](CC(=O)O)NC(=O)[C@H]2C[C@@H](CCc3ccc4c(n3)NCCC4)C2)cc1F. The van der Waals surface area contributed by atoms with E-state index in [1.165, 1.54) is 24.8 Å². The lowest BCUT2D eigenvalue weighted by Gasteiger charge is -2.35. The number of halogens is 1. The van der Waals surface area contributed by atoms with E-state index in [4.69, 9.17) is 9.72 Å². The van der Waals surface area contributed by atoms with Crippen molar-refractivity contribution in [1.29, 1.82) is 0 Å². The average Bonchev–Trinajstić information content (AvgIpc) is 2.77. The predicted molar refractivity (Wildman–Crippen MR) is 122 cm³/mol. The van der Waals surface area contributed by atoms with Crippen molar-refractivity contribution < 1.29 is 23.8 Å². The molecule has 2 aliphatic rings. The maximum atomic E-state index is 14.1. The van der Waals surface area contributed by atoms with Crippen LogP contribution in [-0.2, 0) is 22.4 Å². The number of hydrogen-bond donors (Lipinski definition) is 3. The molecular weight excluding hydrogens is 425 g/mol. The normalized spacial score (nSPS) is 20.1. The zero-order valence-electron chi connectivity index (χ0n) is 18.8. The van der Waals surface area contributed by atoms with Crippen molar-refractivity contribution >= 4 is 17.7 Å². The largest absolute Gasteiger partial charge is 0.494 e. The molecule has 2 aromatic rings. The number of methoxy groups -OCH3 is 1. The summed E-state index contributed by atoms with van der Waals surface area (Å²) >= 11 is 0. The van der Waals surface area contributed by atoms with E-state index in [-0.39, 0.29) is 24.0 Å². The number of carboxylic acid groups (broad SMARTS) is 1. The highest BCUT2D eigenvalue weighted by molar-refractivity contribution is 5.81. The van der Waals surface area contributed by atoms with E-state index >= 15 is 0 Å². The monoisotopic (exact) mass is 455 g/mol. The van der Waals surface area contributed by atoms with Crippen molar-refractivity contribution in [3.63, 3.8) is 0 Å². The molecule has 0 spiro atoms. The molecule has 1 saturated carbocycles. The maximum Gasteiger partial charge on any atom is 0.305 e. The van der Waals surface area contributed by atoms with E-state index < -0.39 is 17.8 Å². The minimum atomic E-state index is -1.06. The number of carbonyl (C=O) groups excluding carboxylic acids is 1. The van der Waals surface area contributed by atoms with Gasteiger partial charge < -0.3 is 20.5 Å². The fraction of sp³-hybridized carbons (Fsp3) is 0.480. The number of aryl methyl sites for hydroxylation is 2. The Bertz CT molecular complexity index is 1020. The molecule has 8 heteroatoms. The van der Waals surface area contributed by atoms with Crippen LogP contribution in [0.25, 0.3) is 0 Å². The van der Waals surface area contributed by atoms with Gasteiger partial charge in [-0.1, -0.05) is 12.1 Å². The van der Waals surface area contributed by atoms with Crippen molar-refractivity contribution in [3.8, 4) is 5.75 Å². The minimum absolute atomic E-state index is 0.0742. The number of anilines is 1. The Hall–Kier alpha value is -3.16. The first-order valence-corrected chi connectivity index (χ1v) is 11.5. The number of fused-ring (bicyclic) bond motifs is 1. The molecule has 0 unspecified atom stereocenters. The quantitative estimate of drug-likeness (QED) is 0.531. The first-order valence-electron chi connectivity index (χ1n) is 11.5. The second-order valence-corrected chi connectivity index (χ2v) is 8.97. The summed E-state index contributed by atoms with van der Waals surface area (Å²) in [6.45, 7) is 0.967. The number of amides is 1. The summed E-state index contributed by atoms with van der Waals surface area (Å²) in [4.78, 5) is 28.8. The van der Waals surface area contributed by atoms with Crippen LogP contribution in [0.15, 0.2) is 30.3 Å². The first kappa shape index (κ1) is 23.0. The number of nitrogens with zero attached hydrogens (tertiary/aromatic N) is 1. The molecule has 0 saturated heterocycles. The fourth-order valence-electron chi connectivity index (χ4n) is 4.66. The standard InChI is InChI=1S/C25H30FN3O4/c1-33-22-9-6-17(13-20(22)26)21(14-23(30)31)29-25(32)18-11-15(12-18)4-7-19-8-5-16-3-2-10-27-24(16)28-19/h5-6,8-9,13,15,18,21H,2-4,7,10-12,14H2,1H3,(H,27,28)(H,29,32)(H,30,31)/t15-,18+,21-/m0/s1. The van der Waals surface area contributed by atoms with Crippen LogP contribution in [0.3, 0.4) is 0 Å². The molecule has 0 bridgehead atoms. The maximum absolute atomic E-state index is 14.1. The average molecular weight is 456 g/mol. The number of nitrogens with one attached hydrogen (secondary N) is 2. The number of pyridine rings is 1. The van der Waals surface area contributed by atoms with Gasteiger partial charge >= 0.3 is 5.97 Å². The van der Waals surface area contributed by atoms with Crippen molar-refractivity contribution in [2.24, 2.45) is 11.8 Å². The summed E-state index contributed by atoms with van der Waals surface area (Å²) in [7, 11) is 1.36. The number of aliphatic carboxylic acids is 1. The molecule has 1 aromatic heterocycles. The molecule has 0 radical (unpaired) electrons. The molecule has 1 amide bonds. The molecule has 1 fully saturated rings. The van der Waals surface area contributed by atoms with E-state index in [1.54, 1.807) is 6.07 Å². The minimum Gasteiger partial charge on any atom is -0.494 e. The van der Waals surface area contributed by atoms with Gasteiger partial charge in [-0.2, -0.15) is 0 Å². The van der Waals surface area contributed by atoms with Crippen LogP contribution in [0.2, 0.25) is 0 Å². The number of ether oxygens (including phenoxy) is 1. The zero-order valence-corrected chi connectivity index (χ0v) is 18.8. The number of hydrogen-bond acceptors (Lipinski definition) is 5. The lowest BCUT2D eigenvalue weighted by atomic mass is 9.72. The Balaban J connectivity index is 1.28. The van der Waals surface area contributed by atoms with E-state index in [2.05, 4.69) is 22.8 Å². The van der Waals surface area contributed by atoms with Crippen LogP contribution in [0.4, 0.5) is 10.2 Å². The van der Waals surface area contributed by atoms with E-state index in [0.717, 1.165) is 56.6 Å². The molecule has 33 heavy (non-hydrogen) atoms. The van der Waals surface area contributed by atoms with E-state index in [1.807, 2.05) is 0 Å². The molecule has 1 aliphatic heterocycles. The molecule has 1 aromatic carbocycles. The molecule has 176 valence electrons. The summed E-state index contributed by atoms with van der Waals surface area (Å²) in [5.41, 5.74) is 2.75. The van der Waals surface area contributed by atoms with Gasteiger partial charge in [0.15, 0.2) is 11.6 Å². The van der Waals surface area contributed by atoms with Crippen LogP contribution >= 0.6 is 0 Å². The number of aromatic nitrogens is 1. The van der Waals surface area contributed by atoms with Crippen LogP contribution in [0.5, 0.6) is 5.75 Å². The van der Waals surface area contributed by atoms with E-state index in [0.29, 0.717) is 11.5 Å². The second-order valence-electron chi connectivity index (χ2n) is 8.97. The summed E-state index contributed by atoms with van der Waals surface area (Å²) in [5.74, 6) is -0.445. The lowest BCUT2D eigenvalue weighted by Crippen LogP contribution is -2.41. The van der Waals surface area contributed by atoms with E-state index in [9.17, 15) is 19.1 Å². The molecule has 1 atom stereocenters. The molecule has 3 N–H and O–H groups in total. The molecule has 4 rings (SSSR count). The second kappa shape index (κ2) is 10.2. The Labute approximate surface area is 192 Å². The van der Waals surface area contributed by atoms with Gasteiger partial charge in [-0.05, 0) is 73.8 Å². The third-order valence-corrected chi connectivity index (χ3v) is 6.64. The van der Waals surface area contributed by atoms with Gasteiger partial charge in [0.2, 0.25) is 5.91 Å².